The highest BCUT2D eigenvalue weighted by molar-refractivity contribution is 8.00. The Kier molecular flexibility index (Phi) is 3.83. The lowest BCUT2D eigenvalue weighted by Gasteiger charge is -2.21. The number of fused-ring (bicyclic) bond motifs is 1. The number of aromatic nitrogens is 3. The van der Waals surface area contributed by atoms with Gasteiger partial charge < -0.3 is 5.32 Å². The Hall–Kier alpha value is -1.12. The third-order valence-corrected chi connectivity index (χ3v) is 6.55. The van der Waals surface area contributed by atoms with Crippen molar-refractivity contribution < 1.29 is 4.79 Å². The van der Waals surface area contributed by atoms with Gasteiger partial charge in [-0.3, -0.25) is 14.5 Å². The quantitative estimate of drug-likeness (QED) is 0.831. The number of nitrogens with one attached hydrogen (secondary N) is 2. The van der Waals surface area contributed by atoms with E-state index in [-0.39, 0.29) is 11.2 Å². The average Bonchev–Trinajstić information content (AvgIpc) is 3.11. The monoisotopic (exact) mass is 352 g/mol. The molecule has 116 valence electrons. The molecule has 1 atom stereocenters. The first-order valence-electron chi connectivity index (χ1n) is 7.35. The minimum Gasteiger partial charge on any atom is -0.348 e. The van der Waals surface area contributed by atoms with E-state index < -0.39 is 0 Å². The molecule has 1 amide bonds. The van der Waals surface area contributed by atoms with Gasteiger partial charge in [0.25, 0.3) is 0 Å². The molecule has 2 aromatic heterocycles. The second kappa shape index (κ2) is 5.82. The van der Waals surface area contributed by atoms with Crippen molar-refractivity contribution in [1.82, 2.24) is 20.1 Å². The molecule has 0 unspecified atom stereocenters. The summed E-state index contributed by atoms with van der Waals surface area (Å²) in [6, 6.07) is 2.54. The number of nitrogens with zero attached hydrogens (tertiary/aromatic N) is 2. The lowest BCUT2D eigenvalue weighted by Crippen LogP contribution is -2.30. The molecule has 1 saturated carbocycles. The van der Waals surface area contributed by atoms with E-state index in [4.69, 9.17) is 12.2 Å². The predicted octanol–water partition coefficient (Wildman–Crippen LogP) is 2.98. The Morgan fingerprint density at radius 1 is 1.55 bits per heavy atom. The van der Waals surface area contributed by atoms with Crippen molar-refractivity contribution in [1.29, 1.82) is 0 Å². The smallest absolute Gasteiger partial charge is 0.238 e. The van der Waals surface area contributed by atoms with Crippen LogP contribution in [0.15, 0.2) is 11.4 Å². The van der Waals surface area contributed by atoms with Gasteiger partial charge in [0.1, 0.15) is 5.25 Å². The first-order valence-corrected chi connectivity index (χ1v) is 9.69. The van der Waals surface area contributed by atoms with Crippen LogP contribution in [-0.2, 0) is 17.8 Å². The number of amides is 1. The topological polar surface area (TPSA) is 62.7 Å². The summed E-state index contributed by atoms with van der Waals surface area (Å²) < 4.78 is 2.69. The molecule has 3 heterocycles. The van der Waals surface area contributed by atoms with E-state index in [2.05, 4.69) is 27.0 Å². The summed E-state index contributed by atoms with van der Waals surface area (Å²) in [6.07, 6.45) is 3.36. The fourth-order valence-electron chi connectivity index (χ4n) is 2.79. The zero-order chi connectivity index (χ0) is 15.1. The summed E-state index contributed by atoms with van der Waals surface area (Å²) in [5.41, 5.74) is 1.18. The minimum atomic E-state index is -0.0914. The summed E-state index contributed by atoms with van der Waals surface area (Å²) in [4.78, 5) is 13.9. The van der Waals surface area contributed by atoms with Crippen LogP contribution in [0.1, 0.15) is 40.4 Å². The number of aromatic amines is 1. The van der Waals surface area contributed by atoms with E-state index in [9.17, 15) is 4.79 Å². The van der Waals surface area contributed by atoms with Crippen LogP contribution in [0.2, 0.25) is 0 Å². The Labute approximate surface area is 141 Å². The predicted molar refractivity (Wildman–Crippen MR) is 90.8 cm³/mol. The maximum atomic E-state index is 12.5. The maximum absolute atomic E-state index is 12.5. The van der Waals surface area contributed by atoms with Crippen molar-refractivity contribution in [2.45, 2.75) is 37.1 Å². The van der Waals surface area contributed by atoms with Crippen molar-refractivity contribution in [2.24, 2.45) is 0 Å². The molecule has 8 heteroatoms. The third kappa shape index (κ3) is 2.63. The molecule has 2 aliphatic rings. The molecule has 2 aromatic rings. The number of thiophene rings is 1. The standard InChI is InChI=1S/C14H16N4OS3/c19-13(12-9-3-5-21-10(9)4-6-22-12)15-7-11-16-17-14(20)18(11)8-1-2-8/h3,5,8,12H,1-2,4,6-7H2,(H,15,19)(H,17,20)/t12-/m0/s1. The maximum Gasteiger partial charge on any atom is 0.238 e. The van der Waals surface area contributed by atoms with Gasteiger partial charge in [-0.1, -0.05) is 0 Å². The second-order valence-electron chi connectivity index (χ2n) is 5.56. The van der Waals surface area contributed by atoms with Crippen LogP contribution in [0.3, 0.4) is 0 Å². The molecule has 0 radical (unpaired) electrons. The zero-order valence-corrected chi connectivity index (χ0v) is 14.3. The Morgan fingerprint density at radius 3 is 3.23 bits per heavy atom. The zero-order valence-electron chi connectivity index (χ0n) is 11.9. The summed E-state index contributed by atoms with van der Waals surface area (Å²) >= 11 is 8.74. The fourth-order valence-corrected chi connectivity index (χ4v) is 5.41. The van der Waals surface area contributed by atoms with Crippen LogP contribution in [-0.4, -0.2) is 26.4 Å². The number of aryl methyl sites for hydroxylation is 1. The molecule has 5 nitrogen and oxygen atoms in total. The molecular formula is C14H16N4OS3. The normalized spacial score (nSPS) is 20.6. The Balaban J connectivity index is 1.47. The molecule has 1 fully saturated rings. The lowest BCUT2D eigenvalue weighted by molar-refractivity contribution is -0.120. The lowest BCUT2D eigenvalue weighted by atomic mass is 10.1. The largest absolute Gasteiger partial charge is 0.348 e. The molecule has 0 bridgehead atoms. The van der Waals surface area contributed by atoms with E-state index >= 15 is 0 Å². The number of hydrogen-bond acceptors (Lipinski definition) is 5. The van der Waals surface area contributed by atoms with Gasteiger partial charge in [0.15, 0.2) is 10.6 Å². The number of H-pyrrole nitrogens is 1. The summed E-state index contributed by atoms with van der Waals surface area (Å²) in [5, 5.41) is 12.1. The molecule has 1 aliphatic carbocycles. The molecular weight excluding hydrogens is 336 g/mol. The first-order chi connectivity index (χ1) is 10.7. The Bertz CT molecular complexity index is 758. The van der Waals surface area contributed by atoms with Crippen LogP contribution in [0.25, 0.3) is 0 Å². The van der Waals surface area contributed by atoms with Crippen molar-refractivity contribution in [3.05, 3.63) is 32.5 Å². The van der Waals surface area contributed by atoms with Crippen molar-refractivity contribution in [3.8, 4) is 0 Å². The van der Waals surface area contributed by atoms with Crippen molar-refractivity contribution in [3.63, 3.8) is 0 Å². The average molecular weight is 353 g/mol. The van der Waals surface area contributed by atoms with Gasteiger partial charge in [-0.15, -0.1) is 23.1 Å². The van der Waals surface area contributed by atoms with E-state index in [0.717, 1.165) is 30.8 Å². The van der Waals surface area contributed by atoms with Crippen LogP contribution >= 0.6 is 35.3 Å². The van der Waals surface area contributed by atoms with Gasteiger partial charge in [-0.05, 0) is 54.2 Å². The van der Waals surface area contributed by atoms with Gasteiger partial charge in [-0.2, -0.15) is 5.10 Å². The van der Waals surface area contributed by atoms with Gasteiger partial charge in [0, 0.05) is 10.9 Å². The van der Waals surface area contributed by atoms with Gasteiger partial charge in [-0.25, -0.2) is 0 Å². The minimum absolute atomic E-state index is 0.0700. The van der Waals surface area contributed by atoms with Gasteiger partial charge >= 0.3 is 0 Å². The fraction of sp³-hybridized carbons (Fsp3) is 0.500. The SMILES string of the molecule is O=C(NCc1n[nH]c(=S)n1C1CC1)[C@H]1SCCc2sccc21. The van der Waals surface area contributed by atoms with Crippen LogP contribution in [0.5, 0.6) is 0 Å². The summed E-state index contributed by atoms with van der Waals surface area (Å²) in [7, 11) is 0. The van der Waals surface area contributed by atoms with Crippen LogP contribution in [0.4, 0.5) is 0 Å². The van der Waals surface area contributed by atoms with E-state index in [1.54, 1.807) is 23.1 Å². The van der Waals surface area contributed by atoms with Crippen molar-refractivity contribution >= 4 is 41.2 Å². The number of hydrogen-bond donors (Lipinski definition) is 2. The highest BCUT2D eigenvalue weighted by Crippen LogP contribution is 2.39. The van der Waals surface area contributed by atoms with Gasteiger partial charge in [0.05, 0.1) is 6.54 Å². The molecule has 0 aromatic carbocycles. The Morgan fingerprint density at radius 2 is 2.41 bits per heavy atom. The highest BCUT2D eigenvalue weighted by Gasteiger charge is 2.30. The summed E-state index contributed by atoms with van der Waals surface area (Å²) in [6.45, 7) is 0.430. The summed E-state index contributed by atoms with van der Waals surface area (Å²) in [5.74, 6) is 1.90. The number of thioether (sulfide) groups is 1. The van der Waals surface area contributed by atoms with Crippen LogP contribution in [0, 0.1) is 4.77 Å². The molecule has 0 spiro atoms. The van der Waals surface area contributed by atoms with Crippen LogP contribution < -0.4 is 5.32 Å². The molecule has 0 saturated heterocycles. The highest BCUT2D eigenvalue weighted by atomic mass is 32.2. The number of carbonyl (C=O) groups excluding carboxylic acids is 1. The molecule has 22 heavy (non-hydrogen) atoms. The molecule has 2 N–H and O–H groups in total. The number of carbonyl (C=O) groups is 1. The van der Waals surface area contributed by atoms with E-state index in [0.29, 0.717) is 17.4 Å². The van der Waals surface area contributed by atoms with Gasteiger partial charge in [0.2, 0.25) is 5.91 Å². The second-order valence-corrected chi connectivity index (χ2v) is 8.16. The number of rotatable bonds is 4. The third-order valence-electron chi connectivity index (χ3n) is 4.02. The van der Waals surface area contributed by atoms with Crippen molar-refractivity contribution in [2.75, 3.05) is 5.75 Å². The van der Waals surface area contributed by atoms with E-state index in [1.165, 1.54) is 10.4 Å². The van der Waals surface area contributed by atoms with E-state index in [1.807, 2.05) is 4.57 Å². The molecule has 4 rings (SSSR count). The molecule has 1 aliphatic heterocycles. The first kappa shape index (κ1) is 14.5.